The number of hydrogen-bond acceptors (Lipinski definition) is 4. The summed E-state index contributed by atoms with van der Waals surface area (Å²) < 4.78 is 0. The largest absolute Gasteiger partial charge is 0.323 e. The van der Waals surface area contributed by atoms with E-state index in [1.165, 1.54) is 25.2 Å². The molecule has 0 spiro atoms. The minimum absolute atomic E-state index is 0.202. The van der Waals surface area contributed by atoms with Crippen molar-refractivity contribution in [1.82, 2.24) is 4.90 Å². The lowest BCUT2D eigenvalue weighted by molar-refractivity contribution is 0.0693. The summed E-state index contributed by atoms with van der Waals surface area (Å²) in [6.45, 7) is 0. The molecule has 0 atom stereocenters. The average molecular weight is 414 g/mol. The number of para-hydroxylation sites is 1. The Morgan fingerprint density at radius 3 is 2.03 bits per heavy atom. The first-order chi connectivity index (χ1) is 14.9. The molecule has 1 heterocycles. The molecule has 5 amide bonds. The summed E-state index contributed by atoms with van der Waals surface area (Å²) in [7, 11) is 1.40. The summed E-state index contributed by atoms with van der Waals surface area (Å²) in [6, 6.07) is 19.6. The molecule has 0 bridgehead atoms. The van der Waals surface area contributed by atoms with Gasteiger partial charge in [-0.25, -0.2) is 4.79 Å². The van der Waals surface area contributed by atoms with E-state index in [9.17, 15) is 19.2 Å². The van der Waals surface area contributed by atoms with Gasteiger partial charge in [-0.1, -0.05) is 24.3 Å². The minimum atomic E-state index is -0.441. The Labute approximate surface area is 177 Å². The highest BCUT2D eigenvalue weighted by Gasteiger charge is 2.33. The smallest absolute Gasteiger partial charge is 0.322 e. The van der Waals surface area contributed by atoms with Crippen molar-refractivity contribution in [2.45, 2.75) is 0 Å². The molecule has 154 valence electrons. The Morgan fingerprint density at radius 2 is 1.29 bits per heavy atom. The lowest BCUT2D eigenvalue weighted by Crippen LogP contribution is -2.24. The maximum absolute atomic E-state index is 12.6. The fourth-order valence-electron chi connectivity index (χ4n) is 3.20. The Bertz CT molecular complexity index is 1210. The third-order valence-electron chi connectivity index (χ3n) is 4.76. The van der Waals surface area contributed by atoms with E-state index >= 15 is 0 Å². The molecule has 8 nitrogen and oxygen atoms in total. The Morgan fingerprint density at radius 1 is 0.677 bits per heavy atom. The zero-order valence-corrected chi connectivity index (χ0v) is 16.5. The number of amides is 5. The van der Waals surface area contributed by atoms with Crippen molar-refractivity contribution in [2.75, 3.05) is 23.0 Å². The number of hydrogen-bond donors (Lipinski definition) is 3. The first kappa shape index (κ1) is 19.8. The Balaban J connectivity index is 1.44. The maximum Gasteiger partial charge on any atom is 0.323 e. The van der Waals surface area contributed by atoms with Gasteiger partial charge in [-0.3, -0.25) is 19.3 Å². The molecule has 0 radical (unpaired) electrons. The molecule has 0 saturated carbocycles. The molecule has 0 aromatic heterocycles. The van der Waals surface area contributed by atoms with E-state index in [1.807, 2.05) is 18.2 Å². The second-order valence-electron chi connectivity index (χ2n) is 6.91. The van der Waals surface area contributed by atoms with Crippen molar-refractivity contribution in [3.05, 3.63) is 89.5 Å². The maximum atomic E-state index is 12.6. The molecular weight excluding hydrogens is 396 g/mol. The second kappa shape index (κ2) is 8.11. The number of rotatable bonds is 4. The number of imide groups is 1. The molecule has 0 saturated heterocycles. The van der Waals surface area contributed by atoms with Crippen molar-refractivity contribution < 1.29 is 19.2 Å². The molecule has 0 aliphatic carbocycles. The summed E-state index contributed by atoms with van der Waals surface area (Å²) in [6.07, 6.45) is 0. The van der Waals surface area contributed by atoms with Crippen molar-refractivity contribution in [3.8, 4) is 0 Å². The van der Waals surface area contributed by atoms with E-state index in [-0.39, 0.29) is 22.6 Å². The summed E-state index contributed by atoms with van der Waals surface area (Å²) in [5, 5.41) is 8.14. The lowest BCUT2D eigenvalue weighted by atomic mass is 10.1. The van der Waals surface area contributed by atoms with Crippen molar-refractivity contribution in [2.24, 2.45) is 0 Å². The standard InChI is InChI=1S/C23H18N4O4/c1-27-21(29)18-11-10-14(12-19(18)22(27)30)20(28)24-16-8-5-9-17(13-16)26-23(31)25-15-6-3-2-4-7-15/h2-13H,1H3,(H,24,28)(H2,25,26,31). The Kier molecular flexibility index (Phi) is 5.19. The Hall–Kier alpha value is -4.46. The highest BCUT2D eigenvalue weighted by molar-refractivity contribution is 6.22. The number of carbonyl (C=O) groups is 4. The molecule has 3 aromatic carbocycles. The van der Waals surface area contributed by atoms with Gasteiger partial charge in [0.25, 0.3) is 17.7 Å². The molecule has 8 heteroatoms. The van der Waals surface area contributed by atoms with Crippen LogP contribution in [0.2, 0.25) is 0 Å². The van der Waals surface area contributed by atoms with E-state index in [2.05, 4.69) is 16.0 Å². The van der Waals surface area contributed by atoms with Crippen LogP contribution < -0.4 is 16.0 Å². The topological polar surface area (TPSA) is 108 Å². The summed E-state index contributed by atoms with van der Waals surface area (Å²) in [5.74, 6) is -1.27. The molecule has 1 aliphatic rings. The SMILES string of the molecule is CN1C(=O)c2ccc(C(=O)Nc3cccc(NC(=O)Nc4ccccc4)c3)cc2C1=O. The molecule has 4 rings (SSSR count). The molecule has 0 fully saturated rings. The minimum Gasteiger partial charge on any atom is -0.322 e. The van der Waals surface area contributed by atoms with Gasteiger partial charge in [0.2, 0.25) is 0 Å². The number of urea groups is 1. The van der Waals surface area contributed by atoms with Crippen LogP contribution >= 0.6 is 0 Å². The van der Waals surface area contributed by atoms with Crippen LogP contribution in [0.25, 0.3) is 0 Å². The summed E-state index contributed by atoms with van der Waals surface area (Å²) >= 11 is 0. The molecule has 31 heavy (non-hydrogen) atoms. The molecule has 3 N–H and O–H groups in total. The first-order valence-electron chi connectivity index (χ1n) is 9.43. The first-order valence-corrected chi connectivity index (χ1v) is 9.43. The quantitative estimate of drug-likeness (QED) is 0.564. The van der Waals surface area contributed by atoms with Gasteiger partial charge in [-0.2, -0.15) is 0 Å². The van der Waals surface area contributed by atoms with E-state index in [4.69, 9.17) is 0 Å². The van der Waals surface area contributed by atoms with Gasteiger partial charge in [0, 0.05) is 29.7 Å². The van der Waals surface area contributed by atoms with E-state index in [0.717, 1.165) is 4.90 Å². The number of carbonyl (C=O) groups excluding carboxylic acids is 4. The van der Waals surface area contributed by atoms with Crippen LogP contribution in [0.4, 0.5) is 21.9 Å². The average Bonchev–Trinajstić information content (AvgIpc) is 2.98. The number of fused-ring (bicyclic) bond motifs is 1. The highest BCUT2D eigenvalue weighted by Crippen LogP contribution is 2.23. The predicted molar refractivity (Wildman–Crippen MR) is 116 cm³/mol. The van der Waals surface area contributed by atoms with Gasteiger partial charge in [0.15, 0.2) is 0 Å². The third-order valence-corrected chi connectivity index (χ3v) is 4.76. The van der Waals surface area contributed by atoms with Gasteiger partial charge in [0.05, 0.1) is 11.1 Å². The van der Waals surface area contributed by atoms with Crippen LogP contribution in [-0.2, 0) is 0 Å². The highest BCUT2D eigenvalue weighted by atomic mass is 16.2. The monoisotopic (exact) mass is 414 g/mol. The van der Waals surface area contributed by atoms with Crippen molar-refractivity contribution >= 4 is 40.8 Å². The van der Waals surface area contributed by atoms with Crippen LogP contribution in [-0.4, -0.2) is 35.7 Å². The van der Waals surface area contributed by atoms with Crippen molar-refractivity contribution in [3.63, 3.8) is 0 Å². The number of nitrogens with one attached hydrogen (secondary N) is 3. The fraction of sp³-hybridized carbons (Fsp3) is 0.0435. The zero-order valence-electron chi connectivity index (χ0n) is 16.5. The van der Waals surface area contributed by atoms with Gasteiger partial charge in [0.1, 0.15) is 0 Å². The summed E-state index contributed by atoms with van der Waals surface area (Å²) in [4.78, 5) is 49.9. The van der Waals surface area contributed by atoms with Crippen LogP contribution in [0.15, 0.2) is 72.8 Å². The lowest BCUT2D eigenvalue weighted by Gasteiger charge is -2.10. The van der Waals surface area contributed by atoms with Crippen LogP contribution in [0.5, 0.6) is 0 Å². The fourth-order valence-corrected chi connectivity index (χ4v) is 3.20. The van der Waals surface area contributed by atoms with Crippen molar-refractivity contribution in [1.29, 1.82) is 0 Å². The van der Waals surface area contributed by atoms with E-state index in [1.54, 1.807) is 36.4 Å². The molecule has 0 unspecified atom stereocenters. The predicted octanol–water partition coefficient (Wildman–Crippen LogP) is 3.81. The normalized spacial score (nSPS) is 12.4. The van der Waals surface area contributed by atoms with Gasteiger partial charge < -0.3 is 16.0 Å². The second-order valence-corrected chi connectivity index (χ2v) is 6.91. The third kappa shape index (κ3) is 4.13. The number of benzene rings is 3. The van der Waals surface area contributed by atoms with Gasteiger partial charge in [-0.05, 0) is 48.5 Å². The van der Waals surface area contributed by atoms with E-state index in [0.29, 0.717) is 17.1 Å². The van der Waals surface area contributed by atoms with Crippen LogP contribution in [0.1, 0.15) is 31.1 Å². The number of nitrogens with zero attached hydrogens (tertiary/aromatic N) is 1. The number of anilines is 3. The van der Waals surface area contributed by atoms with Crippen LogP contribution in [0.3, 0.4) is 0 Å². The summed E-state index contributed by atoms with van der Waals surface area (Å²) in [5.41, 5.74) is 2.33. The van der Waals surface area contributed by atoms with Gasteiger partial charge in [-0.15, -0.1) is 0 Å². The van der Waals surface area contributed by atoms with Crippen LogP contribution in [0, 0.1) is 0 Å². The molecule has 3 aromatic rings. The molecular formula is C23H18N4O4. The zero-order chi connectivity index (χ0) is 22.0. The van der Waals surface area contributed by atoms with Gasteiger partial charge >= 0.3 is 6.03 Å². The molecule has 1 aliphatic heterocycles. The van der Waals surface area contributed by atoms with E-state index < -0.39 is 17.8 Å².